The average Bonchev–Trinajstić information content (AvgIpc) is 2.43. The van der Waals surface area contributed by atoms with Gasteiger partial charge >= 0.3 is 0 Å². The summed E-state index contributed by atoms with van der Waals surface area (Å²) in [5, 5.41) is 0. The molecule has 0 amide bonds. The molecule has 1 saturated carbocycles. The summed E-state index contributed by atoms with van der Waals surface area (Å²) in [6, 6.07) is 6.26. The predicted molar refractivity (Wildman–Crippen MR) is 80.2 cm³/mol. The van der Waals surface area contributed by atoms with Crippen molar-refractivity contribution in [1.29, 1.82) is 0 Å². The van der Waals surface area contributed by atoms with E-state index >= 15 is 0 Å². The van der Waals surface area contributed by atoms with Gasteiger partial charge in [-0.15, -0.1) is 0 Å². The van der Waals surface area contributed by atoms with E-state index in [2.05, 4.69) is 32.9 Å². The lowest BCUT2D eigenvalue weighted by Crippen LogP contribution is -2.53. The quantitative estimate of drug-likeness (QED) is 0.775. The van der Waals surface area contributed by atoms with Crippen molar-refractivity contribution in [3.63, 3.8) is 0 Å². The third-order valence-corrected chi connectivity index (χ3v) is 5.79. The molecule has 20 heavy (non-hydrogen) atoms. The van der Waals surface area contributed by atoms with Crippen LogP contribution in [0.2, 0.25) is 0 Å². The van der Waals surface area contributed by atoms with Gasteiger partial charge in [0.15, 0.2) is 0 Å². The molecule has 1 aromatic carbocycles. The zero-order chi connectivity index (χ0) is 14.5. The Hall–Kier alpha value is -1.31. The van der Waals surface area contributed by atoms with Crippen LogP contribution in [-0.2, 0) is 16.6 Å². The molecule has 0 aromatic heterocycles. The van der Waals surface area contributed by atoms with Gasteiger partial charge in [0.25, 0.3) is 0 Å². The number of ketones is 1. The van der Waals surface area contributed by atoms with E-state index in [0.717, 1.165) is 25.0 Å². The largest absolute Gasteiger partial charge is 0.497 e. The van der Waals surface area contributed by atoms with Crippen LogP contribution in [0.25, 0.3) is 0 Å². The molecule has 2 aliphatic rings. The van der Waals surface area contributed by atoms with Gasteiger partial charge in [-0.25, -0.2) is 0 Å². The number of hydrogen-bond donors (Lipinski definition) is 0. The molecule has 2 aliphatic carbocycles. The van der Waals surface area contributed by atoms with Gasteiger partial charge in [-0.2, -0.15) is 0 Å². The summed E-state index contributed by atoms with van der Waals surface area (Å²) in [6.07, 6.45) is 3.92. The van der Waals surface area contributed by atoms with Gasteiger partial charge in [0.1, 0.15) is 11.5 Å². The lowest BCUT2D eigenvalue weighted by Gasteiger charge is -2.53. The van der Waals surface area contributed by atoms with Crippen LogP contribution < -0.4 is 4.74 Å². The highest BCUT2D eigenvalue weighted by molar-refractivity contribution is 5.92. The molecule has 0 heterocycles. The Bertz CT molecular complexity index is 559. The van der Waals surface area contributed by atoms with Gasteiger partial charge in [0.05, 0.1) is 12.5 Å². The molecule has 2 atom stereocenters. The second-order valence-electron chi connectivity index (χ2n) is 7.23. The van der Waals surface area contributed by atoms with Crippen LogP contribution in [-0.4, -0.2) is 12.9 Å². The van der Waals surface area contributed by atoms with Crippen molar-refractivity contribution in [3.05, 3.63) is 29.3 Å². The Balaban J connectivity index is 2.18. The number of carbonyl (C=O) groups is 1. The third-order valence-electron chi connectivity index (χ3n) is 5.79. The van der Waals surface area contributed by atoms with E-state index in [9.17, 15) is 4.79 Å². The maximum absolute atomic E-state index is 12.8. The van der Waals surface area contributed by atoms with Gasteiger partial charge < -0.3 is 4.74 Å². The van der Waals surface area contributed by atoms with Crippen LogP contribution in [0.3, 0.4) is 0 Å². The van der Waals surface area contributed by atoms with Gasteiger partial charge in [-0.05, 0) is 60.8 Å². The minimum absolute atomic E-state index is 0.240. The number of ether oxygens (including phenoxy) is 1. The Morgan fingerprint density at radius 1 is 1.20 bits per heavy atom. The van der Waals surface area contributed by atoms with Crippen LogP contribution in [0, 0.1) is 11.3 Å². The lowest BCUT2D eigenvalue weighted by atomic mass is 9.50. The van der Waals surface area contributed by atoms with E-state index in [4.69, 9.17) is 4.74 Å². The molecule has 1 fully saturated rings. The minimum Gasteiger partial charge on any atom is -0.497 e. The normalized spacial score (nSPS) is 31.4. The first-order valence-corrected chi connectivity index (χ1v) is 7.60. The van der Waals surface area contributed by atoms with Gasteiger partial charge in [-0.1, -0.05) is 19.9 Å². The molecule has 0 radical (unpaired) electrons. The first kappa shape index (κ1) is 13.7. The van der Waals surface area contributed by atoms with Gasteiger partial charge in [-0.3, -0.25) is 4.79 Å². The fraction of sp³-hybridized carbons (Fsp3) is 0.611. The lowest BCUT2D eigenvalue weighted by molar-refractivity contribution is -0.134. The van der Waals surface area contributed by atoms with Gasteiger partial charge in [0, 0.05) is 6.42 Å². The van der Waals surface area contributed by atoms with E-state index in [-0.39, 0.29) is 10.8 Å². The molecular weight excluding hydrogens is 248 g/mol. The van der Waals surface area contributed by atoms with E-state index in [1.165, 1.54) is 11.1 Å². The summed E-state index contributed by atoms with van der Waals surface area (Å²) in [5.74, 6) is 1.72. The zero-order valence-electron chi connectivity index (χ0n) is 13.0. The summed E-state index contributed by atoms with van der Waals surface area (Å²) < 4.78 is 5.38. The van der Waals surface area contributed by atoms with Crippen LogP contribution >= 0.6 is 0 Å². The second kappa shape index (κ2) is 4.34. The molecule has 0 aliphatic heterocycles. The smallest absolute Gasteiger partial charge is 0.143 e. The maximum Gasteiger partial charge on any atom is 0.143 e. The SMILES string of the molecule is COc1ccc2c(c1)C1(C)C(=O)CCC(C)(C)C1CC2. The van der Waals surface area contributed by atoms with Crippen LogP contribution in [0.15, 0.2) is 18.2 Å². The van der Waals surface area contributed by atoms with E-state index in [1.54, 1.807) is 7.11 Å². The molecule has 2 nitrogen and oxygen atoms in total. The molecule has 2 heteroatoms. The second-order valence-corrected chi connectivity index (χ2v) is 7.23. The molecule has 2 unspecified atom stereocenters. The number of methoxy groups -OCH3 is 1. The van der Waals surface area contributed by atoms with Gasteiger partial charge in [0.2, 0.25) is 0 Å². The van der Waals surface area contributed by atoms with E-state index < -0.39 is 0 Å². The van der Waals surface area contributed by atoms with E-state index in [0.29, 0.717) is 18.1 Å². The number of rotatable bonds is 1. The monoisotopic (exact) mass is 272 g/mol. The third kappa shape index (κ3) is 1.73. The molecular formula is C18H24O2. The molecule has 1 aromatic rings. The highest BCUT2D eigenvalue weighted by atomic mass is 16.5. The molecule has 0 bridgehead atoms. The highest BCUT2D eigenvalue weighted by Crippen LogP contribution is 2.55. The maximum atomic E-state index is 12.8. The first-order chi connectivity index (χ1) is 9.39. The summed E-state index contributed by atoms with van der Waals surface area (Å²) in [7, 11) is 1.69. The molecule has 0 N–H and O–H groups in total. The number of benzene rings is 1. The average molecular weight is 272 g/mol. The Kier molecular flexibility index (Phi) is 2.97. The van der Waals surface area contributed by atoms with Crippen molar-refractivity contribution in [3.8, 4) is 5.75 Å². The standard InChI is InChI=1S/C18H24O2/c1-17(2)10-9-16(19)18(3)14-11-13(20-4)7-5-12(14)6-8-15(17)18/h5,7,11,15H,6,8-10H2,1-4H3. The number of aryl methyl sites for hydroxylation is 1. The van der Waals surface area contributed by atoms with Crippen molar-refractivity contribution in [2.75, 3.05) is 7.11 Å². The number of carbonyl (C=O) groups excluding carboxylic acids is 1. The Labute approximate surface area is 121 Å². The fourth-order valence-electron chi connectivity index (χ4n) is 4.55. The summed E-state index contributed by atoms with van der Waals surface area (Å²) in [5.41, 5.74) is 2.45. The van der Waals surface area contributed by atoms with Crippen molar-refractivity contribution >= 4 is 5.78 Å². The minimum atomic E-state index is -0.329. The highest BCUT2D eigenvalue weighted by Gasteiger charge is 2.54. The molecule has 0 saturated heterocycles. The Morgan fingerprint density at radius 2 is 1.95 bits per heavy atom. The summed E-state index contributed by atoms with van der Waals surface area (Å²) in [4.78, 5) is 12.8. The molecule has 0 spiro atoms. The van der Waals surface area contributed by atoms with Crippen molar-refractivity contribution in [1.82, 2.24) is 0 Å². The van der Waals surface area contributed by atoms with Crippen molar-refractivity contribution in [2.24, 2.45) is 11.3 Å². The Morgan fingerprint density at radius 3 is 2.65 bits per heavy atom. The van der Waals surface area contributed by atoms with Crippen molar-refractivity contribution < 1.29 is 9.53 Å². The van der Waals surface area contributed by atoms with Crippen LogP contribution in [0.4, 0.5) is 0 Å². The number of Topliss-reactive ketones (excluding diaryl/α,β-unsaturated/α-hetero) is 1. The van der Waals surface area contributed by atoms with Crippen molar-refractivity contribution in [2.45, 2.75) is 51.9 Å². The molecule has 108 valence electrons. The van der Waals surface area contributed by atoms with Crippen LogP contribution in [0.5, 0.6) is 5.75 Å². The first-order valence-electron chi connectivity index (χ1n) is 7.60. The number of fused-ring (bicyclic) bond motifs is 3. The van der Waals surface area contributed by atoms with E-state index in [1.807, 2.05) is 6.07 Å². The topological polar surface area (TPSA) is 26.3 Å². The fourth-order valence-corrected chi connectivity index (χ4v) is 4.55. The number of hydrogen-bond acceptors (Lipinski definition) is 2. The summed E-state index contributed by atoms with van der Waals surface area (Å²) >= 11 is 0. The predicted octanol–water partition coefficient (Wildman–Crippen LogP) is 3.90. The zero-order valence-corrected chi connectivity index (χ0v) is 13.0. The summed E-state index contributed by atoms with van der Waals surface area (Å²) in [6.45, 7) is 6.82. The van der Waals surface area contributed by atoms with Crippen LogP contribution in [0.1, 0.15) is 51.2 Å². The molecule has 3 rings (SSSR count).